The number of hydrogen-bond acceptors (Lipinski definition) is 5. The average molecular weight is 293 g/mol. The van der Waals surface area contributed by atoms with Gasteiger partial charge in [0.25, 0.3) is 0 Å². The number of aliphatic hydroxyl groups is 1. The van der Waals surface area contributed by atoms with E-state index in [4.69, 9.17) is 0 Å². The molecule has 3 aliphatic heterocycles. The first-order chi connectivity index (χ1) is 9.90. The lowest BCUT2D eigenvalue weighted by Gasteiger charge is -2.44. The van der Waals surface area contributed by atoms with Crippen LogP contribution >= 0.6 is 0 Å². The Morgan fingerprint density at radius 1 is 1.57 bits per heavy atom. The third kappa shape index (κ3) is 2.12. The van der Waals surface area contributed by atoms with Crippen molar-refractivity contribution in [3.05, 3.63) is 11.3 Å². The summed E-state index contributed by atoms with van der Waals surface area (Å²) in [6.07, 6.45) is 0.314. The molecular weight excluding hydrogens is 274 g/mol. The van der Waals surface area contributed by atoms with E-state index in [1.54, 1.807) is 6.92 Å². The third-order valence-electron chi connectivity index (χ3n) is 4.47. The normalized spacial score (nSPS) is 32.5. The summed E-state index contributed by atoms with van der Waals surface area (Å²) in [7, 11) is 0. The summed E-state index contributed by atoms with van der Waals surface area (Å²) >= 11 is 0. The predicted molar refractivity (Wildman–Crippen MR) is 74.6 cm³/mol. The zero-order chi connectivity index (χ0) is 15.3. The first-order valence-electron chi connectivity index (χ1n) is 7.15. The molecule has 3 N–H and O–H groups in total. The van der Waals surface area contributed by atoms with E-state index < -0.39 is 18.0 Å². The van der Waals surface area contributed by atoms with E-state index in [9.17, 15) is 19.8 Å². The molecule has 0 aliphatic carbocycles. The van der Waals surface area contributed by atoms with Crippen LogP contribution < -0.4 is 5.32 Å². The number of aliphatic imine (C=N–C) groups is 1. The molecule has 0 aromatic heterocycles. The van der Waals surface area contributed by atoms with Crippen molar-refractivity contribution in [2.75, 3.05) is 6.54 Å². The number of amidine groups is 1. The number of nitrogens with zero attached hydrogens (tertiary/aromatic N) is 2. The van der Waals surface area contributed by atoms with Gasteiger partial charge >= 0.3 is 5.97 Å². The molecule has 7 nitrogen and oxygen atoms in total. The lowest BCUT2D eigenvalue weighted by atomic mass is 9.82. The number of carbonyl (C=O) groups is 2. The Balaban J connectivity index is 1.83. The fraction of sp³-hybridized carbons (Fsp3) is 0.643. The summed E-state index contributed by atoms with van der Waals surface area (Å²) in [5.41, 5.74) is 0.857. The molecule has 0 unspecified atom stereocenters. The van der Waals surface area contributed by atoms with Gasteiger partial charge in [0.15, 0.2) is 0 Å². The highest BCUT2D eigenvalue weighted by Gasteiger charge is 2.56. The van der Waals surface area contributed by atoms with Crippen LogP contribution in [0, 0.1) is 5.92 Å². The zero-order valence-corrected chi connectivity index (χ0v) is 12.0. The second-order valence-electron chi connectivity index (χ2n) is 5.96. The molecule has 0 spiro atoms. The molecule has 1 amide bonds. The quantitative estimate of drug-likeness (QED) is 0.619. The van der Waals surface area contributed by atoms with Gasteiger partial charge in [-0.15, -0.1) is 0 Å². The number of aliphatic carboxylic acids is 1. The van der Waals surface area contributed by atoms with Crippen LogP contribution in [0.5, 0.6) is 0 Å². The van der Waals surface area contributed by atoms with Gasteiger partial charge in [-0.3, -0.25) is 9.79 Å². The summed E-state index contributed by atoms with van der Waals surface area (Å²) in [6.45, 7) is 4.15. The molecule has 0 aromatic rings. The second kappa shape index (κ2) is 4.84. The lowest BCUT2D eigenvalue weighted by Crippen LogP contribution is -2.61. The number of aliphatic hydroxyl groups excluding tert-OH is 1. The number of fused-ring (bicyclic) bond motifs is 1. The number of carboxylic acid groups (broad SMARTS) is 1. The van der Waals surface area contributed by atoms with E-state index in [0.717, 1.165) is 11.4 Å². The number of rotatable bonds is 4. The fourth-order valence-electron chi connectivity index (χ4n) is 3.58. The molecule has 3 rings (SSSR count). The van der Waals surface area contributed by atoms with E-state index in [0.29, 0.717) is 19.4 Å². The minimum Gasteiger partial charge on any atom is -0.477 e. The van der Waals surface area contributed by atoms with Crippen molar-refractivity contribution in [2.45, 2.75) is 44.9 Å². The van der Waals surface area contributed by atoms with Gasteiger partial charge in [0.05, 0.1) is 29.9 Å². The van der Waals surface area contributed by atoms with E-state index in [-0.39, 0.29) is 23.7 Å². The van der Waals surface area contributed by atoms with Crippen molar-refractivity contribution >= 4 is 17.7 Å². The van der Waals surface area contributed by atoms with Gasteiger partial charge in [-0.2, -0.15) is 0 Å². The van der Waals surface area contributed by atoms with Crippen LogP contribution in [0.2, 0.25) is 0 Å². The van der Waals surface area contributed by atoms with Crippen molar-refractivity contribution in [2.24, 2.45) is 10.9 Å². The van der Waals surface area contributed by atoms with E-state index in [1.165, 1.54) is 4.90 Å². The molecule has 0 aromatic carbocycles. The van der Waals surface area contributed by atoms with Gasteiger partial charge in [-0.1, -0.05) is 0 Å². The Morgan fingerprint density at radius 2 is 2.29 bits per heavy atom. The number of carboxylic acids is 1. The first-order valence-corrected chi connectivity index (χ1v) is 7.15. The summed E-state index contributed by atoms with van der Waals surface area (Å²) in [5.74, 6) is -0.983. The highest BCUT2D eigenvalue weighted by atomic mass is 16.4. The SMILES string of the molecule is CC1=N[C@H](CC2=C(C(=O)O)N3C(=O)[C@H]([C@@H](C)O)[C@H]3C2)CN1. The average Bonchev–Trinajstić information content (AvgIpc) is 2.91. The summed E-state index contributed by atoms with van der Waals surface area (Å²) in [5, 5.41) is 22.2. The van der Waals surface area contributed by atoms with Crippen molar-refractivity contribution in [1.82, 2.24) is 10.2 Å². The number of hydrogen-bond donors (Lipinski definition) is 3. The molecule has 21 heavy (non-hydrogen) atoms. The highest BCUT2D eigenvalue weighted by Crippen LogP contribution is 2.45. The van der Waals surface area contributed by atoms with Crippen molar-refractivity contribution in [1.29, 1.82) is 0 Å². The monoisotopic (exact) mass is 293 g/mol. The maximum atomic E-state index is 12.1. The van der Waals surface area contributed by atoms with E-state index in [1.807, 2.05) is 6.92 Å². The first kappa shape index (κ1) is 14.1. The standard InChI is InChI=1S/C14H19N3O4/c1-6(18)11-10-4-8(3-9-5-15-7(2)16-9)12(14(20)21)17(10)13(11)19/h6,9-11,18H,3-5H2,1-2H3,(H,15,16)(H,20,21)/t6-,9-,10-,11-/m1/s1. The fourth-order valence-corrected chi connectivity index (χ4v) is 3.58. The Hall–Kier alpha value is -1.89. The molecule has 1 fully saturated rings. The number of amides is 1. The van der Waals surface area contributed by atoms with Gasteiger partial charge in [0.1, 0.15) is 5.70 Å². The van der Waals surface area contributed by atoms with Gasteiger partial charge in [-0.05, 0) is 32.3 Å². The molecule has 0 saturated carbocycles. The van der Waals surface area contributed by atoms with Gasteiger partial charge in [0.2, 0.25) is 5.91 Å². The summed E-state index contributed by atoms with van der Waals surface area (Å²) in [6, 6.07) is -0.189. The zero-order valence-electron chi connectivity index (χ0n) is 12.0. The Labute approximate surface area is 122 Å². The minimum atomic E-state index is -1.07. The minimum absolute atomic E-state index is 0.0214. The molecule has 114 valence electrons. The summed E-state index contributed by atoms with van der Waals surface area (Å²) < 4.78 is 0. The maximum Gasteiger partial charge on any atom is 0.352 e. The topological polar surface area (TPSA) is 102 Å². The van der Waals surface area contributed by atoms with Crippen LogP contribution in [-0.2, 0) is 9.59 Å². The highest BCUT2D eigenvalue weighted by molar-refractivity contribution is 5.99. The second-order valence-corrected chi connectivity index (χ2v) is 5.96. The molecular formula is C14H19N3O4. The van der Waals surface area contributed by atoms with Crippen LogP contribution in [0.3, 0.4) is 0 Å². The van der Waals surface area contributed by atoms with Gasteiger partial charge < -0.3 is 20.4 Å². The molecule has 0 radical (unpaired) electrons. The van der Waals surface area contributed by atoms with E-state index >= 15 is 0 Å². The number of carbonyl (C=O) groups excluding carboxylic acids is 1. The third-order valence-corrected chi connectivity index (χ3v) is 4.47. The van der Waals surface area contributed by atoms with Crippen LogP contribution in [0.25, 0.3) is 0 Å². The van der Waals surface area contributed by atoms with Crippen LogP contribution in [0.1, 0.15) is 26.7 Å². The van der Waals surface area contributed by atoms with Crippen LogP contribution in [0.4, 0.5) is 0 Å². The Bertz CT molecular complexity index is 567. The lowest BCUT2D eigenvalue weighted by molar-refractivity contribution is -0.161. The van der Waals surface area contributed by atoms with E-state index in [2.05, 4.69) is 10.3 Å². The molecule has 7 heteroatoms. The van der Waals surface area contributed by atoms with Crippen LogP contribution in [-0.4, -0.2) is 57.6 Å². The molecule has 3 aliphatic rings. The Kier molecular flexibility index (Phi) is 3.24. The molecule has 1 saturated heterocycles. The largest absolute Gasteiger partial charge is 0.477 e. The molecule has 3 heterocycles. The molecule has 0 bridgehead atoms. The van der Waals surface area contributed by atoms with Gasteiger partial charge in [0, 0.05) is 6.54 Å². The van der Waals surface area contributed by atoms with Crippen molar-refractivity contribution in [3.63, 3.8) is 0 Å². The Morgan fingerprint density at radius 3 is 2.81 bits per heavy atom. The number of nitrogens with one attached hydrogen (secondary N) is 1. The number of β-lactam (4-membered cyclic amide) rings is 1. The smallest absolute Gasteiger partial charge is 0.352 e. The van der Waals surface area contributed by atoms with Crippen molar-refractivity contribution < 1.29 is 19.8 Å². The molecule has 4 atom stereocenters. The maximum absolute atomic E-state index is 12.1. The van der Waals surface area contributed by atoms with Gasteiger partial charge in [-0.25, -0.2) is 4.79 Å². The van der Waals surface area contributed by atoms with Crippen molar-refractivity contribution in [3.8, 4) is 0 Å². The van der Waals surface area contributed by atoms with Crippen LogP contribution in [0.15, 0.2) is 16.3 Å². The predicted octanol–water partition coefficient (Wildman–Crippen LogP) is -0.283. The summed E-state index contributed by atoms with van der Waals surface area (Å²) in [4.78, 5) is 29.3.